The van der Waals surface area contributed by atoms with Crippen LogP contribution < -0.4 is 0 Å². The number of rotatable bonds is 3. The number of aromatic nitrogens is 2. The smallest absolute Gasteiger partial charge is 0.150 e. The zero-order chi connectivity index (χ0) is 13.1. The van der Waals surface area contributed by atoms with Gasteiger partial charge in [0.25, 0.3) is 0 Å². The van der Waals surface area contributed by atoms with Crippen LogP contribution in [0.25, 0.3) is 0 Å². The summed E-state index contributed by atoms with van der Waals surface area (Å²) < 4.78 is 7.77. The molecule has 1 aromatic carbocycles. The van der Waals surface area contributed by atoms with Crippen LogP contribution in [0.4, 0.5) is 0 Å². The second kappa shape index (κ2) is 5.45. The van der Waals surface area contributed by atoms with Crippen LogP contribution in [0.15, 0.2) is 36.5 Å². The average Bonchev–Trinajstić information content (AvgIpc) is 2.90. The normalized spacial score (nSPS) is 19.5. The summed E-state index contributed by atoms with van der Waals surface area (Å²) in [6.07, 6.45) is 6.09. The number of hydrogen-bond donors (Lipinski definition) is 1. The first-order chi connectivity index (χ1) is 9.33. The third-order valence-corrected chi connectivity index (χ3v) is 3.50. The molecule has 0 aliphatic carbocycles. The third-order valence-electron chi connectivity index (χ3n) is 3.50. The maximum absolute atomic E-state index is 9.30. The number of ether oxygens (including phenoxy) is 1. The zero-order valence-electron chi connectivity index (χ0n) is 10.8. The molecule has 1 unspecified atom stereocenters. The molecule has 1 fully saturated rings. The van der Waals surface area contributed by atoms with Crippen LogP contribution in [0.1, 0.15) is 36.7 Å². The standard InChI is InChI=1S/C15H18N2O2/c18-14-6-4-12(5-7-14)11-13-8-9-16-17(13)15-3-1-2-10-19-15/h4-9,15,18H,1-3,10-11H2. The van der Waals surface area contributed by atoms with E-state index in [1.807, 2.05) is 29.1 Å². The molecule has 1 aliphatic rings. The summed E-state index contributed by atoms with van der Waals surface area (Å²) in [5.41, 5.74) is 2.31. The van der Waals surface area contributed by atoms with E-state index in [2.05, 4.69) is 5.10 Å². The molecule has 0 spiro atoms. The molecule has 1 aliphatic heterocycles. The Hall–Kier alpha value is -1.81. The minimum atomic E-state index is 0.0795. The fourth-order valence-corrected chi connectivity index (χ4v) is 2.48. The Balaban J connectivity index is 1.77. The Labute approximate surface area is 112 Å². The van der Waals surface area contributed by atoms with E-state index in [1.165, 1.54) is 6.42 Å². The number of phenols is 1. The highest BCUT2D eigenvalue weighted by Crippen LogP contribution is 2.24. The fraction of sp³-hybridized carbons (Fsp3) is 0.400. The van der Waals surface area contributed by atoms with Crippen molar-refractivity contribution < 1.29 is 9.84 Å². The molecule has 3 rings (SSSR count). The van der Waals surface area contributed by atoms with Gasteiger partial charge in [0.1, 0.15) is 12.0 Å². The summed E-state index contributed by atoms with van der Waals surface area (Å²) in [7, 11) is 0. The first kappa shape index (κ1) is 12.2. The topological polar surface area (TPSA) is 47.3 Å². The van der Waals surface area contributed by atoms with Crippen molar-refractivity contribution in [2.24, 2.45) is 0 Å². The van der Waals surface area contributed by atoms with Crippen LogP contribution >= 0.6 is 0 Å². The molecule has 0 saturated carbocycles. The Morgan fingerprint density at radius 1 is 1.21 bits per heavy atom. The van der Waals surface area contributed by atoms with E-state index in [0.717, 1.165) is 37.1 Å². The lowest BCUT2D eigenvalue weighted by atomic mass is 10.1. The van der Waals surface area contributed by atoms with E-state index >= 15 is 0 Å². The average molecular weight is 258 g/mol. The summed E-state index contributed by atoms with van der Waals surface area (Å²) in [5, 5.41) is 13.7. The van der Waals surface area contributed by atoms with Gasteiger partial charge >= 0.3 is 0 Å². The van der Waals surface area contributed by atoms with E-state index in [4.69, 9.17) is 4.74 Å². The Kier molecular flexibility index (Phi) is 3.51. The van der Waals surface area contributed by atoms with Crippen LogP contribution in [-0.2, 0) is 11.2 Å². The summed E-state index contributed by atoms with van der Waals surface area (Å²) in [6.45, 7) is 0.823. The lowest BCUT2D eigenvalue weighted by Gasteiger charge is -2.24. The van der Waals surface area contributed by atoms with Gasteiger partial charge in [-0.3, -0.25) is 0 Å². The van der Waals surface area contributed by atoms with Crippen molar-refractivity contribution in [1.29, 1.82) is 0 Å². The Morgan fingerprint density at radius 2 is 2.05 bits per heavy atom. The second-order valence-electron chi connectivity index (χ2n) is 4.93. The number of benzene rings is 1. The molecule has 1 atom stereocenters. The van der Waals surface area contributed by atoms with Crippen molar-refractivity contribution in [3.63, 3.8) is 0 Å². The predicted molar refractivity (Wildman–Crippen MR) is 72.0 cm³/mol. The van der Waals surface area contributed by atoms with E-state index in [-0.39, 0.29) is 6.23 Å². The zero-order valence-corrected chi connectivity index (χ0v) is 10.8. The van der Waals surface area contributed by atoms with Gasteiger partial charge in [-0.25, -0.2) is 4.68 Å². The molecule has 1 aromatic heterocycles. The summed E-state index contributed by atoms with van der Waals surface area (Å²) in [5.74, 6) is 0.299. The second-order valence-corrected chi connectivity index (χ2v) is 4.93. The first-order valence-corrected chi connectivity index (χ1v) is 6.75. The maximum Gasteiger partial charge on any atom is 0.150 e. The van der Waals surface area contributed by atoms with Crippen molar-refractivity contribution in [2.75, 3.05) is 6.61 Å². The van der Waals surface area contributed by atoms with Crippen molar-refractivity contribution in [1.82, 2.24) is 9.78 Å². The molecule has 19 heavy (non-hydrogen) atoms. The molecule has 2 heterocycles. The Bertz CT molecular complexity index is 527. The molecule has 0 amide bonds. The molecular weight excluding hydrogens is 240 g/mol. The highest BCUT2D eigenvalue weighted by atomic mass is 16.5. The quantitative estimate of drug-likeness (QED) is 0.920. The molecule has 100 valence electrons. The molecule has 0 bridgehead atoms. The molecule has 1 N–H and O–H groups in total. The van der Waals surface area contributed by atoms with Crippen molar-refractivity contribution in [3.05, 3.63) is 47.8 Å². The van der Waals surface area contributed by atoms with Crippen LogP contribution in [0, 0.1) is 0 Å². The van der Waals surface area contributed by atoms with Gasteiger partial charge < -0.3 is 9.84 Å². The number of phenolic OH excluding ortho intramolecular Hbond substituents is 1. The maximum atomic E-state index is 9.30. The van der Waals surface area contributed by atoms with Crippen LogP contribution in [0.5, 0.6) is 5.75 Å². The minimum Gasteiger partial charge on any atom is -0.508 e. The molecule has 4 heteroatoms. The van der Waals surface area contributed by atoms with Crippen LogP contribution in [0.2, 0.25) is 0 Å². The fourth-order valence-electron chi connectivity index (χ4n) is 2.48. The minimum absolute atomic E-state index is 0.0795. The monoisotopic (exact) mass is 258 g/mol. The van der Waals surface area contributed by atoms with E-state index < -0.39 is 0 Å². The molecule has 0 radical (unpaired) electrons. The van der Waals surface area contributed by atoms with E-state index in [9.17, 15) is 5.11 Å². The summed E-state index contributed by atoms with van der Waals surface area (Å²) >= 11 is 0. The van der Waals surface area contributed by atoms with Gasteiger partial charge in [-0.05, 0) is 43.0 Å². The SMILES string of the molecule is Oc1ccc(Cc2ccnn2C2CCCCO2)cc1. The summed E-state index contributed by atoms with van der Waals surface area (Å²) in [6, 6.07) is 9.34. The van der Waals surface area contributed by atoms with Crippen molar-refractivity contribution in [3.8, 4) is 5.75 Å². The predicted octanol–water partition coefficient (Wildman–Crippen LogP) is 2.88. The van der Waals surface area contributed by atoms with E-state index in [1.54, 1.807) is 12.1 Å². The summed E-state index contributed by atoms with van der Waals surface area (Å²) in [4.78, 5) is 0. The van der Waals surface area contributed by atoms with Gasteiger partial charge in [0, 0.05) is 24.9 Å². The van der Waals surface area contributed by atoms with Gasteiger partial charge in [0.2, 0.25) is 0 Å². The largest absolute Gasteiger partial charge is 0.508 e. The number of hydrogen-bond acceptors (Lipinski definition) is 3. The van der Waals surface area contributed by atoms with Crippen LogP contribution in [-0.4, -0.2) is 21.5 Å². The number of aromatic hydroxyl groups is 1. The van der Waals surface area contributed by atoms with Crippen molar-refractivity contribution in [2.45, 2.75) is 31.9 Å². The molecule has 4 nitrogen and oxygen atoms in total. The van der Waals surface area contributed by atoms with Gasteiger partial charge in [-0.15, -0.1) is 0 Å². The van der Waals surface area contributed by atoms with Crippen LogP contribution in [0.3, 0.4) is 0 Å². The highest BCUT2D eigenvalue weighted by molar-refractivity contribution is 5.28. The Morgan fingerprint density at radius 3 is 2.79 bits per heavy atom. The van der Waals surface area contributed by atoms with E-state index in [0.29, 0.717) is 5.75 Å². The number of nitrogens with zero attached hydrogens (tertiary/aromatic N) is 2. The van der Waals surface area contributed by atoms with Crippen molar-refractivity contribution >= 4 is 0 Å². The lowest BCUT2D eigenvalue weighted by Crippen LogP contribution is -2.21. The molecule has 2 aromatic rings. The molecular formula is C15H18N2O2. The van der Waals surface area contributed by atoms with Gasteiger partial charge in [0.05, 0.1) is 0 Å². The lowest BCUT2D eigenvalue weighted by molar-refractivity contribution is -0.0409. The highest BCUT2D eigenvalue weighted by Gasteiger charge is 2.18. The van der Waals surface area contributed by atoms with Gasteiger partial charge in [0.15, 0.2) is 0 Å². The third kappa shape index (κ3) is 2.79. The van der Waals surface area contributed by atoms with Gasteiger partial charge in [-0.1, -0.05) is 12.1 Å². The van der Waals surface area contributed by atoms with Gasteiger partial charge in [-0.2, -0.15) is 5.10 Å². The first-order valence-electron chi connectivity index (χ1n) is 6.75. The molecule has 1 saturated heterocycles.